The molecule has 0 radical (unpaired) electrons. The molecule has 7 heteroatoms. The lowest BCUT2D eigenvalue weighted by atomic mass is 9.98. The highest BCUT2D eigenvalue weighted by atomic mass is 16.2. The van der Waals surface area contributed by atoms with Crippen LogP contribution in [0, 0.1) is 0 Å². The zero-order chi connectivity index (χ0) is 25.0. The number of rotatable bonds is 7. The standard InChI is InChI=1S/C30H28N6O/c37-30(32-29(24-10-3-1-4-11-24)25-12-5-2-6-13-25)28-18-27(36-21-31-33-34-36)20-35(28)19-22-15-16-23-9-7-8-14-26(23)17-22/h1-17,21,27-29H,18-20H2,(H,32,37)/t27-,28+/m1/s1. The van der Waals surface area contributed by atoms with Crippen molar-refractivity contribution in [2.45, 2.75) is 31.1 Å². The van der Waals surface area contributed by atoms with E-state index in [-0.39, 0.29) is 24.0 Å². The van der Waals surface area contributed by atoms with Crippen LogP contribution in [-0.4, -0.2) is 43.6 Å². The average Bonchev–Trinajstić information content (AvgIpc) is 3.63. The summed E-state index contributed by atoms with van der Waals surface area (Å²) < 4.78 is 1.77. The minimum Gasteiger partial charge on any atom is -0.344 e. The van der Waals surface area contributed by atoms with E-state index in [1.54, 1.807) is 11.0 Å². The molecule has 7 nitrogen and oxygen atoms in total. The lowest BCUT2D eigenvalue weighted by Crippen LogP contribution is -2.44. The normalized spacial score (nSPS) is 17.9. The van der Waals surface area contributed by atoms with Gasteiger partial charge in [0.15, 0.2) is 0 Å². The van der Waals surface area contributed by atoms with Gasteiger partial charge in [0.2, 0.25) is 5.91 Å². The Balaban J connectivity index is 1.28. The Morgan fingerprint density at radius 1 is 0.865 bits per heavy atom. The van der Waals surface area contributed by atoms with Crippen molar-refractivity contribution in [1.29, 1.82) is 0 Å². The second kappa shape index (κ2) is 10.3. The summed E-state index contributed by atoms with van der Waals surface area (Å²) in [6.07, 6.45) is 2.27. The SMILES string of the molecule is O=C(NC(c1ccccc1)c1ccccc1)[C@@H]1C[C@@H](n2cnnn2)CN1Cc1ccc2ccccc2c1. The smallest absolute Gasteiger partial charge is 0.238 e. The third-order valence-electron chi connectivity index (χ3n) is 7.17. The van der Waals surface area contributed by atoms with Crippen LogP contribution in [0.2, 0.25) is 0 Å². The fraction of sp³-hybridized carbons (Fsp3) is 0.200. The lowest BCUT2D eigenvalue weighted by molar-refractivity contribution is -0.126. The molecule has 184 valence electrons. The van der Waals surface area contributed by atoms with E-state index in [0.29, 0.717) is 19.5 Å². The van der Waals surface area contributed by atoms with E-state index < -0.39 is 0 Å². The Hall–Kier alpha value is -4.36. The summed E-state index contributed by atoms with van der Waals surface area (Å²) in [5.74, 6) is 0.00840. The largest absolute Gasteiger partial charge is 0.344 e. The Morgan fingerprint density at radius 3 is 2.22 bits per heavy atom. The molecular formula is C30H28N6O. The van der Waals surface area contributed by atoms with Gasteiger partial charge >= 0.3 is 0 Å². The van der Waals surface area contributed by atoms with Crippen molar-refractivity contribution in [3.63, 3.8) is 0 Å². The number of nitrogens with zero attached hydrogens (tertiary/aromatic N) is 5. The number of likely N-dealkylation sites (tertiary alicyclic amines) is 1. The van der Waals surface area contributed by atoms with Gasteiger partial charge in [0, 0.05) is 13.1 Å². The van der Waals surface area contributed by atoms with Crippen LogP contribution in [0.15, 0.2) is 109 Å². The summed E-state index contributed by atoms with van der Waals surface area (Å²) in [7, 11) is 0. The number of aromatic nitrogens is 4. The molecule has 37 heavy (non-hydrogen) atoms. The molecule has 4 aromatic carbocycles. The van der Waals surface area contributed by atoms with Crippen LogP contribution in [0.5, 0.6) is 0 Å². The quantitative estimate of drug-likeness (QED) is 0.364. The summed E-state index contributed by atoms with van der Waals surface area (Å²) in [4.78, 5) is 16.2. The van der Waals surface area contributed by atoms with Gasteiger partial charge in [0.1, 0.15) is 6.33 Å². The van der Waals surface area contributed by atoms with Gasteiger partial charge in [-0.2, -0.15) is 0 Å². The Kier molecular flexibility index (Phi) is 6.44. The van der Waals surface area contributed by atoms with E-state index in [1.807, 2.05) is 36.4 Å². The minimum absolute atomic E-state index is 0.00840. The van der Waals surface area contributed by atoms with E-state index >= 15 is 0 Å². The van der Waals surface area contributed by atoms with Gasteiger partial charge in [0.25, 0.3) is 0 Å². The van der Waals surface area contributed by atoms with Gasteiger partial charge in [-0.05, 0) is 50.4 Å². The second-order valence-corrected chi connectivity index (χ2v) is 9.57. The zero-order valence-corrected chi connectivity index (χ0v) is 20.4. The maximum absolute atomic E-state index is 13.9. The molecular weight excluding hydrogens is 460 g/mol. The molecule has 1 fully saturated rings. The van der Waals surface area contributed by atoms with Crippen LogP contribution >= 0.6 is 0 Å². The van der Waals surface area contributed by atoms with Crippen molar-refractivity contribution in [2.24, 2.45) is 0 Å². The van der Waals surface area contributed by atoms with Crippen molar-refractivity contribution in [3.05, 3.63) is 126 Å². The molecule has 6 rings (SSSR count). The molecule has 5 aromatic rings. The van der Waals surface area contributed by atoms with E-state index in [4.69, 9.17) is 0 Å². The summed E-state index contributed by atoms with van der Waals surface area (Å²) in [6.45, 7) is 1.36. The molecule has 1 amide bonds. The zero-order valence-electron chi connectivity index (χ0n) is 20.4. The Morgan fingerprint density at radius 2 is 1.54 bits per heavy atom. The van der Waals surface area contributed by atoms with E-state index in [1.165, 1.54) is 16.3 Å². The minimum atomic E-state index is -0.310. The Labute approximate surface area is 215 Å². The van der Waals surface area contributed by atoms with Gasteiger partial charge in [-0.15, -0.1) is 5.10 Å². The van der Waals surface area contributed by atoms with E-state index in [9.17, 15) is 4.79 Å². The van der Waals surface area contributed by atoms with Gasteiger partial charge < -0.3 is 5.32 Å². The van der Waals surface area contributed by atoms with Crippen LogP contribution in [0.25, 0.3) is 10.8 Å². The van der Waals surface area contributed by atoms with Crippen LogP contribution in [0.3, 0.4) is 0 Å². The molecule has 1 aromatic heterocycles. The van der Waals surface area contributed by atoms with E-state index in [0.717, 1.165) is 11.1 Å². The summed E-state index contributed by atoms with van der Waals surface area (Å²) in [5, 5.41) is 17.5. The number of tetrazole rings is 1. The lowest BCUT2D eigenvalue weighted by Gasteiger charge is -2.27. The molecule has 1 saturated heterocycles. The molecule has 1 N–H and O–H groups in total. The Bertz CT molecular complexity index is 1430. The molecule has 2 heterocycles. The number of amides is 1. The first-order valence-electron chi connectivity index (χ1n) is 12.6. The second-order valence-electron chi connectivity index (χ2n) is 9.57. The van der Waals surface area contributed by atoms with Gasteiger partial charge in [-0.1, -0.05) is 97.1 Å². The maximum atomic E-state index is 13.9. The molecule has 0 unspecified atom stereocenters. The van der Waals surface area contributed by atoms with Crippen molar-refractivity contribution >= 4 is 16.7 Å². The first-order chi connectivity index (χ1) is 18.2. The van der Waals surface area contributed by atoms with Crippen molar-refractivity contribution < 1.29 is 4.79 Å². The topological polar surface area (TPSA) is 75.9 Å². The molecule has 0 spiro atoms. The summed E-state index contributed by atoms with van der Waals surface area (Å²) in [6, 6.07) is 34.6. The molecule has 0 saturated carbocycles. The van der Waals surface area contributed by atoms with Crippen LogP contribution in [0.1, 0.15) is 35.2 Å². The first-order valence-corrected chi connectivity index (χ1v) is 12.6. The van der Waals surface area contributed by atoms with Crippen LogP contribution in [-0.2, 0) is 11.3 Å². The average molecular weight is 489 g/mol. The number of hydrogen-bond donors (Lipinski definition) is 1. The predicted octanol–water partition coefficient (Wildman–Crippen LogP) is 4.55. The number of carbonyl (C=O) groups excluding carboxylic acids is 1. The first kappa shape index (κ1) is 23.1. The third kappa shape index (κ3) is 4.99. The highest BCUT2D eigenvalue weighted by Gasteiger charge is 2.39. The van der Waals surface area contributed by atoms with Crippen LogP contribution < -0.4 is 5.32 Å². The third-order valence-corrected chi connectivity index (χ3v) is 7.17. The van der Waals surface area contributed by atoms with Crippen molar-refractivity contribution in [3.8, 4) is 0 Å². The highest BCUT2D eigenvalue weighted by Crippen LogP contribution is 2.30. The molecule has 1 aliphatic heterocycles. The van der Waals surface area contributed by atoms with E-state index in [2.05, 4.69) is 92.5 Å². The number of fused-ring (bicyclic) bond motifs is 1. The molecule has 0 bridgehead atoms. The van der Waals surface area contributed by atoms with Gasteiger partial charge in [-0.25, -0.2) is 4.68 Å². The number of carbonyl (C=O) groups is 1. The summed E-state index contributed by atoms with van der Waals surface area (Å²) in [5.41, 5.74) is 3.29. The molecule has 0 aliphatic carbocycles. The fourth-order valence-electron chi connectivity index (χ4n) is 5.31. The fourth-order valence-corrected chi connectivity index (χ4v) is 5.31. The number of benzene rings is 4. The highest BCUT2D eigenvalue weighted by molar-refractivity contribution is 5.84. The number of nitrogens with one attached hydrogen (secondary N) is 1. The van der Waals surface area contributed by atoms with Gasteiger partial charge in [0.05, 0.1) is 18.1 Å². The van der Waals surface area contributed by atoms with Crippen molar-refractivity contribution in [1.82, 2.24) is 30.4 Å². The monoisotopic (exact) mass is 488 g/mol. The maximum Gasteiger partial charge on any atom is 0.238 e. The van der Waals surface area contributed by atoms with Crippen LogP contribution in [0.4, 0.5) is 0 Å². The predicted molar refractivity (Wildman–Crippen MR) is 142 cm³/mol. The van der Waals surface area contributed by atoms with Crippen molar-refractivity contribution in [2.75, 3.05) is 6.54 Å². The molecule has 2 atom stereocenters. The number of hydrogen-bond acceptors (Lipinski definition) is 5. The summed E-state index contributed by atoms with van der Waals surface area (Å²) >= 11 is 0. The van der Waals surface area contributed by atoms with Gasteiger partial charge in [-0.3, -0.25) is 9.69 Å². The molecule has 1 aliphatic rings.